The van der Waals surface area contributed by atoms with Crippen LogP contribution in [0.4, 0.5) is 13.2 Å². The van der Waals surface area contributed by atoms with Crippen LogP contribution in [-0.4, -0.2) is 62.7 Å². The van der Waals surface area contributed by atoms with E-state index in [4.69, 9.17) is 0 Å². The second kappa shape index (κ2) is 10.5. The largest absolute Gasteiger partial charge is 0.418 e. The Kier molecular flexibility index (Phi) is 7.35. The van der Waals surface area contributed by atoms with Crippen LogP contribution in [0.2, 0.25) is 0 Å². The zero-order valence-corrected chi connectivity index (χ0v) is 23.0. The molecule has 1 aliphatic carbocycles. The first-order valence-corrected chi connectivity index (χ1v) is 15.1. The molecular weight excluding hydrogens is 513 g/mol. The number of nitrogens with one attached hydrogen (secondary N) is 2. The molecule has 7 nitrogen and oxygen atoms in total. The van der Waals surface area contributed by atoms with Gasteiger partial charge in [-0.2, -0.15) is 24.9 Å². The lowest BCUT2D eigenvalue weighted by Gasteiger charge is -2.42. The normalized spacial score (nSPS) is 30.8. The first-order chi connectivity index (χ1) is 18.2. The van der Waals surface area contributed by atoms with Crippen molar-refractivity contribution in [3.8, 4) is 0 Å². The van der Waals surface area contributed by atoms with Crippen molar-refractivity contribution in [2.24, 2.45) is 17.8 Å². The molecule has 0 amide bonds. The summed E-state index contributed by atoms with van der Waals surface area (Å²) >= 11 is 1.88. The summed E-state index contributed by atoms with van der Waals surface area (Å²) in [6, 6.07) is 1.15. The van der Waals surface area contributed by atoms with E-state index in [1.807, 2.05) is 11.8 Å². The molecule has 2 aromatic heterocycles. The SMILES string of the molecule is C[C@H]1CCCN(Cc2cc(C(F)(F)F)c3cn(C4CSC([C@@H](C5CCC5)C5NNCN5C)C4)c(=O)n3c2)C1. The summed E-state index contributed by atoms with van der Waals surface area (Å²) < 4.78 is 45.5. The summed E-state index contributed by atoms with van der Waals surface area (Å²) in [6.45, 7) is 5.15. The van der Waals surface area contributed by atoms with E-state index < -0.39 is 11.7 Å². The van der Waals surface area contributed by atoms with Gasteiger partial charge in [-0.3, -0.25) is 18.8 Å². The number of nitrogens with zero attached hydrogens (tertiary/aromatic N) is 4. The highest BCUT2D eigenvalue weighted by atomic mass is 32.2. The lowest BCUT2D eigenvalue weighted by atomic mass is 9.72. The first kappa shape index (κ1) is 26.7. The fourth-order valence-corrected chi connectivity index (χ4v) is 8.81. The molecule has 0 bridgehead atoms. The number of pyridine rings is 1. The van der Waals surface area contributed by atoms with Crippen LogP contribution in [0.5, 0.6) is 0 Å². The van der Waals surface area contributed by atoms with Crippen molar-refractivity contribution in [1.29, 1.82) is 0 Å². The molecule has 11 heteroatoms. The van der Waals surface area contributed by atoms with Gasteiger partial charge in [-0.25, -0.2) is 15.6 Å². The molecule has 1 saturated carbocycles. The van der Waals surface area contributed by atoms with Gasteiger partial charge in [0.05, 0.1) is 23.9 Å². The quantitative estimate of drug-likeness (QED) is 0.562. The number of rotatable bonds is 6. The predicted molar refractivity (Wildman–Crippen MR) is 144 cm³/mol. The van der Waals surface area contributed by atoms with Gasteiger partial charge in [0.25, 0.3) is 0 Å². The predicted octanol–water partition coefficient (Wildman–Crippen LogP) is 4.14. The number of piperidine rings is 1. The van der Waals surface area contributed by atoms with E-state index in [0.717, 1.165) is 44.8 Å². The third-order valence-corrected chi connectivity index (χ3v) is 10.8. The summed E-state index contributed by atoms with van der Waals surface area (Å²) in [5, 5.41) is 0.360. The van der Waals surface area contributed by atoms with Gasteiger partial charge in [0, 0.05) is 48.4 Å². The standard InChI is InChI=1S/C27H39F3N6OS/c1-17-5-4-8-34(11-17)12-18-9-21(27(28,29)30)22-14-35(26(37)36(22)13-18)20-10-23(38-15-20)24(19-6-3-7-19)25-32-31-16-33(25)2/h9,13-14,17,19-20,23-25,31-32H,3-8,10-12,15-16H2,1-2H3/t17-,20?,23?,24+,25?/m0/s1. The van der Waals surface area contributed by atoms with E-state index in [9.17, 15) is 18.0 Å². The van der Waals surface area contributed by atoms with Crippen molar-refractivity contribution in [1.82, 2.24) is 29.6 Å². The van der Waals surface area contributed by atoms with Crippen molar-refractivity contribution in [3.05, 3.63) is 40.1 Å². The molecule has 38 heavy (non-hydrogen) atoms. The zero-order valence-electron chi connectivity index (χ0n) is 22.2. The second-order valence-electron chi connectivity index (χ2n) is 12.0. The maximum atomic E-state index is 14.2. The molecule has 5 heterocycles. The van der Waals surface area contributed by atoms with Gasteiger partial charge in [-0.05, 0) is 56.3 Å². The molecule has 2 N–H and O–H groups in total. The summed E-state index contributed by atoms with van der Waals surface area (Å²) in [4.78, 5) is 18.1. The fraction of sp³-hybridized carbons (Fsp3) is 0.741. The molecule has 2 aromatic rings. The molecule has 0 radical (unpaired) electrons. The summed E-state index contributed by atoms with van der Waals surface area (Å²) in [7, 11) is 2.12. The van der Waals surface area contributed by atoms with Crippen molar-refractivity contribution < 1.29 is 13.2 Å². The van der Waals surface area contributed by atoms with Crippen LogP contribution < -0.4 is 16.5 Å². The van der Waals surface area contributed by atoms with Crippen LogP contribution in [0.25, 0.3) is 5.52 Å². The van der Waals surface area contributed by atoms with E-state index >= 15 is 0 Å². The van der Waals surface area contributed by atoms with Gasteiger partial charge in [0.15, 0.2) is 0 Å². The van der Waals surface area contributed by atoms with Gasteiger partial charge < -0.3 is 0 Å². The number of imidazole rings is 1. The van der Waals surface area contributed by atoms with Crippen molar-refractivity contribution >= 4 is 17.3 Å². The van der Waals surface area contributed by atoms with E-state index in [1.54, 1.807) is 10.8 Å². The number of alkyl halides is 3. The van der Waals surface area contributed by atoms with Gasteiger partial charge in [0.2, 0.25) is 0 Å². The Labute approximate surface area is 226 Å². The molecule has 5 atom stereocenters. The maximum Gasteiger partial charge on any atom is 0.418 e. The molecule has 3 saturated heterocycles. The summed E-state index contributed by atoms with van der Waals surface area (Å²) in [5.41, 5.74) is 6.14. The Bertz CT molecular complexity index is 1210. The monoisotopic (exact) mass is 552 g/mol. The van der Waals surface area contributed by atoms with E-state index in [1.165, 1.54) is 35.9 Å². The average molecular weight is 553 g/mol. The third-order valence-electron chi connectivity index (χ3n) is 9.24. The molecule has 3 unspecified atom stereocenters. The van der Waals surface area contributed by atoms with Crippen LogP contribution in [0.1, 0.15) is 62.6 Å². The Morgan fingerprint density at radius 1 is 1.18 bits per heavy atom. The smallest absolute Gasteiger partial charge is 0.299 e. The second-order valence-corrected chi connectivity index (χ2v) is 13.3. The van der Waals surface area contributed by atoms with Crippen molar-refractivity contribution in [2.45, 2.75) is 75.6 Å². The minimum Gasteiger partial charge on any atom is -0.299 e. The van der Waals surface area contributed by atoms with Crippen molar-refractivity contribution in [2.75, 3.05) is 32.6 Å². The third kappa shape index (κ3) is 5.05. The minimum absolute atomic E-state index is 0.0383. The Hall–Kier alpha value is -1.53. The highest BCUT2D eigenvalue weighted by Gasteiger charge is 2.45. The number of thioether (sulfide) groups is 1. The molecule has 4 aliphatic rings. The zero-order chi connectivity index (χ0) is 26.6. The van der Waals surface area contributed by atoms with Gasteiger partial charge in [-0.1, -0.05) is 26.2 Å². The molecule has 3 aliphatic heterocycles. The molecule has 6 rings (SSSR count). The average Bonchev–Trinajstić information content (AvgIpc) is 3.55. The number of halogens is 3. The van der Waals surface area contributed by atoms with Crippen LogP contribution in [-0.2, 0) is 12.7 Å². The van der Waals surface area contributed by atoms with Crippen molar-refractivity contribution in [3.63, 3.8) is 0 Å². The van der Waals surface area contributed by atoms with Crippen LogP contribution in [0.15, 0.2) is 23.3 Å². The molecular formula is C27H39F3N6OS. The fourth-order valence-electron chi connectivity index (χ4n) is 7.09. The van der Waals surface area contributed by atoms with Crippen LogP contribution in [0, 0.1) is 17.8 Å². The number of hydrogen-bond donors (Lipinski definition) is 2. The van der Waals surface area contributed by atoms with E-state index in [0.29, 0.717) is 35.1 Å². The highest BCUT2D eigenvalue weighted by Crippen LogP contribution is 2.47. The molecule has 210 valence electrons. The highest BCUT2D eigenvalue weighted by molar-refractivity contribution is 8.00. The summed E-state index contributed by atoms with van der Waals surface area (Å²) in [5.74, 6) is 2.36. The number of hydrogen-bond acceptors (Lipinski definition) is 6. The van der Waals surface area contributed by atoms with Crippen LogP contribution in [0.3, 0.4) is 0 Å². The van der Waals surface area contributed by atoms with Crippen LogP contribution >= 0.6 is 11.8 Å². The summed E-state index contributed by atoms with van der Waals surface area (Å²) in [6.07, 6.45) is 5.52. The minimum atomic E-state index is -4.52. The van der Waals surface area contributed by atoms with Gasteiger partial charge >= 0.3 is 11.9 Å². The number of fused-ring (bicyclic) bond motifs is 1. The Morgan fingerprint density at radius 3 is 2.66 bits per heavy atom. The van der Waals surface area contributed by atoms with E-state index in [2.05, 4.69) is 34.6 Å². The first-order valence-electron chi connectivity index (χ1n) is 14.0. The lowest BCUT2D eigenvalue weighted by Crippen LogP contribution is -2.49. The van der Waals surface area contributed by atoms with Gasteiger partial charge in [0.1, 0.15) is 0 Å². The Balaban J connectivity index is 1.29. The molecule has 4 fully saturated rings. The molecule has 0 spiro atoms. The molecule has 0 aromatic carbocycles. The number of hydrazine groups is 1. The lowest BCUT2D eigenvalue weighted by molar-refractivity contribution is -0.136. The maximum absolute atomic E-state index is 14.2. The topological polar surface area (TPSA) is 57.0 Å². The Morgan fingerprint density at radius 2 is 2.00 bits per heavy atom. The van der Waals surface area contributed by atoms with E-state index in [-0.39, 0.29) is 23.4 Å². The number of likely N-dealkylation sites (tertiary alicyclic amines) is 1. The van der Waals surface area contributed by atoms with Gasteiger partial charge in [-0.15, -0.1) is 0 Å². The number of aromatic nitrogens is 2.